The second-order valence-corrected chi connectivity index (χ2v) is 9.96. The Hall–Kier alpha value is -7.66. The minimum Gasteiger partial charge on any atom is -0.205 e. The van der Waals surface area contributed by atoms with Crippen molar-refractivity contribution in [2.24, 2.45) is 0 Å². The molecule has 0 N–H and O–H groups in total. The number of alkyl halides is 12. The van der Waals surface area contributed by atoms with Gasteiger partial charge in [0.25, 0.3) is 0 Å². The van der Waals surface area contributed by atoms with Gasteiger partial charge in [-0.15, -0.1) is 0 Å². The first-order valence-corrected chi connectivity index (χ1v) is 13.1. The molecular weight excluding hydrogens is 762 g/mol. The van der Waals surface area contributed by atoms with Crippen molar-refractivity contribution in [3.05, 3.63) is 101 Å². The van der Waals surface area contributed by atoms with E-state index in [0.29, 0.717) is 12.1 Å². The normalized spacial score (nSPS) is 12.7. The van der Waals surface area contributed by atoms with Crippen molar-refractivity contribution in [1.82, 2.24) is 0 Å². The summed E-state index contributed by atoms with van der Waals surface area (Å²) in [6, 6.07) is 4.59. The van der Waals surface area contributed by atoms with E-state index in [2.05, 4.69) is 0 Å². The number of nitrogens with zero attached hydrogens (tertiary/aromatic N) is 8. The van der Waals surface area contributed by atoms with Crippen LogP contribution in [0.5, 0.6) is 0 Å². The van der Waals surface area contributed by atoms with Crippen LogP contribution in [0.2, 0.25) is 0 Å². The molecule has 0 aliphatic rings. The fourth-order valence-electron chi connectivity index (χ4n) is 5.12. The van der Waals surface area contributed by atoms with Crippen LogP contribution in [0.4, 0.5) is 61.5 Å². The summed E-state index contributed by atoms with van der Waals surface area (Å²) in [5, 5.41) is 72.0. The summed E-state index contributed by atoms with van der Waals surface area (Å²) >= 11 is 0. The molecule has 3 aromatic carbocycles. The minimum absolute atomic E-state index is 0.611. The molecule has 0 heterocycles. The van der Waals surface area contributed by atoms with Gasteiger partial charge in [-0.1, -0.05) is 0 Å². The van der Waals surface area contributed by atoms with E-state index in [-0.39, 0.29) is 0 Å². The summed E-state index contributed by atoms with van der Waals surface area (Å²) in [4.78, 5) is 0. The van der Waals surface area contributed by atoms with Crippen LogP contribution in [0.1, 0.15) is 66.8 Å². The zero-order chi connectivity index (χ0) is 41.5. The number of nitriles is 8. The molecule has 268 valence electrons. The molecular formula is C32H2F14N8. The molecule has 0 atom stereocenters. The first kappa shape index (κ1) is 40.8. The summed E-state index contributed by atoms with van der Waals surface area (Å²) in [5.41, 5.74) is -30.8. The zero-order valence-electron chi connectivity index (χ0n) is 25.0. The van der Waals surface area contributed by atoms with Crippen molar-refractivity contribution < 1.29 is 61.5 Å². The fourth-order valence-corrected chi connectivity index (χ4v) is 5.12. The van der Waals surface area contributed by atoms with Gasteiger partial charge in [0.2, 0.25) is 0 Å². The first-order valence-electron chi connectivity index (χ1n) is 13.1. The largest absolute Gasteiger partial charge is 0.418 e. The Morgan fingerprint density at radius 3 is 0.833 bits per heavy atom. The highest BCUT2D eigenvalue weighted by molar-refractivity contribution is 5.85. The fraction of sp³-hybridized carbons (Fsp3) is 0.125. The van der Waals surface area contributed by atoms with Crippen LogP contribution in [-0.2, 0) is 24.7 Å². The number of hydrogen-bond acceptors (Lipinski definition) is 8. The number of rotatable bonds is 2. The SMILES string of the molecule is N#C/C(c1cc(C(F)(F)F)c(C#N)c(C#N)c1C(F)(F)F)=c1\c(F)c(C#N)/c(=C(/C#N)c2cc(C(F)(F)F)c(C#N)c(C#N)c2C(F)(F)F)c(F)c1C#N. The smallest absolute Gasteiger partial charge is 0.205 e. The molecule has 54 heavy (non-hydrogen) atoms. The maximum Gasteiger partial charge on any atom is 0.418 e. The molecule has 8 nitrogen and oxygen atoms in total. The van der Waals surface area contributed by atoms with Gasteiger partial charge in [0.1, 0.15) is 48.6 Å². The molecule has 0 aliphatic heterocycles. The highest BCUT2D eigenvalue weighted by atomic mass is 19.4. The first-order chi connectivity index (χ1) is 24.9. The van der Waals surface area contributed by atoms with Gasteiger partial charge in [0.05, 0.1) is 77.2 Å². The van der Waals surface area contributed by atoms with E-state index in [0.717, 1.165) is 36.4 Å². The zero-order valence-corrected chi connectivity index (χ0v) is 25.0. The Morgan fingerprint density at radius 2 is 0.648 bits per heavy atom. The van der Waals surface area contributed by atoms with E-state index < -0.39 is 137 Å². The second kappa shape index (κ2) is 13.8. The van der Waals surface area contributed by atoms with Gasteiger partial charge in [-0.2, -0.15) is 94.8 Å². The van der Waals surface area contributed by atoms with Gasteiger partial charge in [-0.3, -0.25) is 0 Å². The summed E-state index contributed by atoms with van der Waals surface area (Å²) < 4.78 is 202. The molecule has 0 aliphatic carbocycles. The molecule has 0 saturated heterocycles. The lowest BCUT2D eigenvalue weighted by Crippen LogP contribution is -2.32. The number of benzene rings is 3. The summed E-state index contributed by atoms with van der Waals surface area (Å²) in [6.45, 7) is 0. The van der Waals surface area contributed by atoms with Crippen LogP contribution in [0.25, 0.3) is 11.1 Å². The molecule has 22 heteroatoms. The molecule has 0 amide bonds. The number of halogens is 14. The van der Waals surface area contributed by atoms with E-state index in [1.807, 2.05) is 0 Å². The molecule has 3 aromatic rings. The van der Waals surface area contributed by atoms with Gasteiger partial charge < -0.3 is 0 Å². The average molecular weight is 764 g/mol. The molecule has 0 saturated carbocycles. The standard InChI is InChI=1S/C32H2F14N8/c33-27-20(10-54)24(16(6-50)12-2-22(30(38,39)40)14(4-48)18(8-52)26(12)32(44,45)46)28(34)19(9-53)23(27)15(5-49)11-1-21(29(35,36)37)13(3-47)17(7-51)25(11)31(41,42)43/h1-2H/b23-15+,24-16+. The average Bonchev–Trinajstić information content (AvgIpc) is 3.07. The van der Waals surface area contributed by atoms with Crippen molar-refractivity contribution in [2.75, 3.05) is 0 Å². The van der Waals surface area contributed by atoms with Crippen molar-refractivity contribution >= 4 is 11.1 Å². The Kier molecular flexibility index (Phi) is 10.4. The predicted octanol–water partition coefficient (Wildman–Crippen LogP) is 6.72. The highest BCUT2D eigenvalue weighted by Crippen LogP contribution is 2.45. The number of hydrogen-bond donors (Lipinski definition) is 0. The van der Waals surface area contributed by atoms with Crippen molar-refractivity contribution in [3.63, 3.8) is 0 Å². The summed E-state index contributed by atoms with van der Waals surface area (Å²) in [7, 11) is 0. The van der Waals surface area contributed by atoms with Crippen LogP contribution in [-0.4, -0.2) is 0 Å². The summed E-state index contributed by atoms with van der Waals surface area (Å²) in [6.07, 6.45) is -23.7. The predicted molar refractivity (Wildman–Crippen MR) is 143 cm³/mol. The third-order valence-electron chi connectivity index (χ3n) is 7.14. The molecule has 0 aromatic heterocycles. The Morgan fingerprint density at radius 1 is 0.389 bits per heavy atom. The van der Waals surface area contributed by atoms with Gasteiger partial charge in [0.15, 0.2) is 11.6 Å². The van der Waals surface area contributed by atoms with Crippen LogP contribution in [0.3, 0.4) is 0 Å². The Bertz CT molecular complexity index is 2480. The van der Waals surface area contributed by atoms with Gasteiger partial charge >= 0.3 is 24.7 Å². The Balaban J connectivity index is 2.98. The van der Waals surface area contributed by atoms with Crippen molar-refractivity contribution in [2.45, 2.75) is 24.7 Å². The lowest BCUT2D eigenvalue weighted by atomic mass is 9.85. The van der Waals surface area contributed by atoms with Crippen LogP contribution < -0.4 is 10.4 Å². The van der Waals surface area contributed by atoms with E-state index in [4.69, 9.17) is 0 Å². The third-order valence-corrected chi connectivity index (χ3v) is 7.14. The molecule has 0 unspecified atom stereocenters. The van der Waals surface area contributed by atoms with E-state index >= 15 is 8.78 Å². The molecule has 0 bridgehead atoms. The lowest BCUT2D eigenvalue weighted by Gasteiger charge is -2.20. The van der Waals surface area contributed by atoms with Gasteiger partial charge in [0, 0.05) is 11.1 Å². The lowest BCUT2D eigenvalue weighted by molar-refractivity contribution is -0.141. The quantitative estimate of drug-likeness (QED) is 0.257. The highest BCUT2D eigenvalue weighted by Gasteiger charge is 2.46. The monoisotopic (exact) mass is 764 g/mol. The maximum absolute atomic E-state index is 16.3. The Labute approximate surface area is 289 Å². The van der Waals surface area contributed by atoms with E-state index in [1.54, 1.807) is 0 Å². The van der Waals surface area contributed by atoms with Gasteiger partial charge in [-0.05, 0) is 12.1 Å². The van der Waals surface area contributed by atoms with E-state index in [9.17, 15) is 94.8 Å². The van der Waals surface area contributed by atoms with Crippen LogP contribution >= 0.6 is 0 Å². The molecule has 0 radical (unpaired) electrons. The maximum atomic E-state index is 16.3. The van der Waals surface area contributed by atoms with Crippen molar-refractivity contribution in [1.29, 1.82) is 42.1 Å². The topological polar surface area (TPSA) is 190 Å². The third kappa shape index (κ3) is 6.60. The molecule has 3 rings (SSSR count). The molecule has 0 spiro atoms. The van der Waals surface area contributed by atoms with E-state index in [1.165, 1.54) is 0 Å². The minimum atomic E-state index is -6.02. The molecule has 0 fully saturated rings. The second-order valence-electron chi connectivity index (χ2n) is 9.96. The van der Waals surface area contributed by atoms with Crippen LogP contribution in [0, 0.1) is 102 Å². The van der Waals surface area contributed by atoms with Crippen LogP contribution in [0.15, 0.2) is 12.1 Å². The van der Waals surface area contributed by atoms with Crippen molar-refractivity contribution in [3.8, 4) is 48.6 Å². The summed E-state index contributed by atoms with van der Waals surface area (Å²) in [5.74, 6) is -5.23. The van der Waals surface area contributed by atoms with Gasteiger partial charge in [-0.25, -0.2) is 8.78 Å².